The standard InChI is InChI=1S/C26H28NOP.BrH/c1-22(2)21-27-26(28)19-12-20-29(23-13-6-3-7-14-23,24-15-8-4-9-16-24)25-17-10-5-11-18-25;/h3-19,22H,20-21H2,1-2H3;1H/b19-12+;. The van der Waals surface area contributed by atoms with Gasteiger partial charge in [-0.05, 0) is 48.4 Å². The van der Waals surface area contributed by atoms with Crippen molar-refractivity contribution in [3.05, 3.63) is 103 Å². The molecular weight excluding hydrogens is 453 g/mol. The fourth-order valence-corrected chi connectivity index (χ4v) is 7.48. The first-order valence-electron chi connectivity index (χ1n) is 10.1. The van der Waals surface area contributed by atoms with Crippen molar-refractivity contribution in [2.45, 2.75) is 13.8 Å². The van der Waals surface area contributed by atoms with Crippen LogP contribution in [0.3, 0.4) is 0 Å². The highest BCUT2D eigenvalue weighted by Gasteiger charge is 2.44. The summed E-state index contributed by atoms with van der Waals surface area (Å²) in [5, 5.41) is 6.95. The minimum absolute atomic E-state index is 0. The van der Waals surface area contributed by atoms with Crippen molar-refractivity contribution in [2.75, 3.05) is 12.7 Å². The number of nitrogens with one attached hydrogen (secondary N) is 1. The molecule has 0 saturated carbocycles. The number of rotatable bonds is 8. The number of amides is 1. The summed E-state index contributed by atoms with van der Waals surface area (Å²) in [4.78, 5) is 12.3. The summed E-state index contributed by atoms with van der Waals surface area (Å²) in [5.41, 5.74) is 0. The highest BCUT2D eigenvalue weighted by molar-refractivity contribution is 7.95. The van der Waals surface area contributed by atoms with Gasteiger partial charge in [-0.2, -0.15) is 0 Å². The maximum absolute atomic E-state index is 12.3. The first kappa shape index (κ1) is 24.1. The maximum atomic E-state index is 12.3. The third kappa shape index (κ3) is 5.90. The lowest BCUT2D eigenvalue weighted by atomic mass is 10.2. The highest BCUT2D eigenvalue weighted by atomic mass is 79.9. The first-order valence-corrected chi connectivity index (χ1v) is 12.1. The first-order chi connectivity index (χ1) is 14.1. The molecule has 1 N–H and O–H groups in total. The molecule has 1 amide bonds. The van der Waals surface area contributed by atoms with Gasteiger partial charge in [0.15, 0.2) is 0 Å². The number of hydrogen-bond acceptors (Lipinski definition) is 1. The molecule has 3 aromatic rings. The van der Waals surface area contributed by atoms with Crippen LogP contribution in [0, 0.1) is 5.92 Å². The van der Waals surface area contributed by atoms with Crippen molar-refractivity contribution in [3.8, 4) is 0 Å². The van der Waals surface area contributed by atoms with Crippen molar-refractivity contribution < 1.29 is 21.8 Å². The van der Waals surface area contributed by atoms with Crippen LogP contribution in [-0.4, -0.2) is 18.6 Å². The number of hydrogen-bond donors (Lipinski definition) is 1. The fraction of sp³-hybridized carbons (Fsp3) is 0.192. The smallest absolute Gasteiger partial charge is 0.243 e. The lowest BCUT2D eigenvalue weighted by Gasteiger charge is -2.26. The highest BCUT2D eigenvalue weighted by Crippen LogP contribution is 2.55. The van der Waals surface area contributed by atoms with Gasteiger partial charge in [0.1, 0.15) is 23.2 Å². The Morgan fingerprint density at radius 1 is 0.800 bits per heavy atom. The van der Waals surface area contributed by atoms with Gasteiger partial charge in [0.2, 0.25) is 5.91 Å². The Morgan fingerprint density at radius 2 is 1.20 bits per heavy atom. The van der Waals surface area contributed by atoms with E-state index >= 15 is 0 Å². The van der Waals surface area contributed by atoms with Crippen molar-refractivity contribution in [3.63, 3.8) is 0 Å². The Bertz CT molecular complexity index is 830. The second-order valence-electron chi connectivity index (χ2n) is 7.54. The van der Waals surface area contributed by atoms with Gasteiger partial charge in [-0.15, -0.1) is 0 Å². The molecule has 2 nitrogen and oxygen atoms in total. The third-order valence-corrected chi connectivity index (χ3v) is 9.22. The normalized spacial score (nSPS) is 11.3. The number of allylic oxidation sites excluding steroid dienone is 1. The molecule has 0 aliphatic heterocycles. The predicted octanol–water partition coefficient (Wildman–Crippen LogP) is 1.31. The van der Waals surface area contributed by atoms with E-state index in [1.54, 1.807) is 6.08 Å². The Morgan fingerprint density at radius 3 is 1.57 bits per heavy atom. The molecule has 0 unspecified atom stereocenters. The number of carbonyl (C=O) groups is 1. The zero-order valence-corrected chi connectivity index (χ0v) is 20.0. The molecule has 0 aromatic heterocycles. The minimum Gasteiger partial charge on any atom is -1.00 e. The molecular formula is C26H29BrNOP. The van der Waals surface area contributed by atoms with E-state index in [2.05, 4.69) is 116 Å². The summed E-state index contributed by atoms with van der Waals surface area (Å²) in [5.74, 6) is 0.419. The predicted molar refractivity (Wildman–Crippen MR) is 127 cm³/mol. The fourth-order valence-electron chi connectivity index (χ4n) is 3.49. The molecule has 0 aliphatic rings. The summed E-state index contributed by atoms with van der Waals surface area (Å²) in [6.45, 7) is 4.89. The van der Waals surface area contributed by atoms with Crippen LogP contribution in [0.5, 0.6) is 0 Å². The van der Waals surface area contributed by atoms with Crippen LogP contribution >= 0.6 is 7.26 Å². The monoisotopic (exact) mass is 481 g/mol. The zero-order valence-electron chi connectivity index (χ0n) is 17.5. The van der Waals surface area contributed by atoms with E-state index in [1.807, 2.05) is 0 Å². The summed E-state index contributed by atoms with van der Waals surface area (Å²) in [7, 11) is -1.91. The van der Waals surface area contributed by atoms with Gasteiger partial charge in [-0.3, -0.25) is 4.79 Å². The molecule has 0 spiro atoms. The molecule has 4 heteroatoms. The van der Waals surface area contributed by atoms with E-state index in [0.717, 1.165) is 6.16 Å². The quantitative estimate of drug-likeness (QED) is 0.381. The minimum atomic E-state index is -1.91. The molecule has 0 fully saturated rings. The molecule has 0 radical (unpaired) electrons. The van der Waals surface area contributed by atoms with Gasteiger partial charge >= 0.3 is 0 Å². The number of benzene rings is 3. The molecule has 0 heterocycles. The van der Waals surface area contributed by atoms with Gasteiger partial charge in [0.25, 0.3) is 0 Å². The second kappa shape index (κ2) is 11.8. The Balaban J connectivity index is 0.00000320. The summed E-state index contributed by atoms with van der Waals surface area (Å²) in [6, 6.07) is 32.1. The van der Waals surface area contributed by atoms with Crippen LogP contribution in [0.4, 0.5) is 0 Å². The molecule has 3 aromatic carbocycles. The van der Waals surface area contributed by atoms with E-state index in [4.69, 9.17) is 0 Å². The molecule has 156 valence electrons. The van der Waals surface area contributed by atoms with E-state index in [9.17, 15) is 4.79 Å². The lowest BCUT2D eigenvalue weighted by molar-refractivity contribution is -0.116. The second-order valence-corrected chi connectivity index (χ2v) is 11.1. The van der Waals surface area contributed by atoms with Gasteiger partial charge < -0.3 is 22.3 Å². The van der Waals surface area contributed by atoms with Gasteiger partial charge in [-0.1, -0.05) is 68.4 Å². The molecule has 0 saturated heterocycles. The summed E-state index contributed by atoms with van der Waals surface area (Å²) in [6.07, 6.45) is 4.56. The average Bonchev–Trinajstić information content (AvgIpc) is 2.77. The molecule has 0 atom stereocenters. The average molecular weight is 482 g/mol. The van der Waals surface area contributed by atoms with Crippen molar-refractivity contribution in [1.29, 1.82) is 0 Å². The van der Waals surface area contributed by atoms with Gasteiger partial charge in [0, 0.05) is 12.6 Å². The number of carbonyl (C=O) groups excluding carboxylic acids is 1. The van der Waals surface area contributed by atoms with Gasteiger partial charge in [-0.25, -0.2) is 0 Å². The lowest BCUT2D eigenvalue weighted by Crippen LogP contribution is -3.00. The molecule has 0 bridgehead atoms. The Kier molecular flexibility index (Phi) is 9.49. The van der Waals surface area contributed by atoms with E-state index in [-0.39, 0.29) is 22.9 Å². The largest absolute Gasteiger partial charge is 1.00 e. The topological polar surface area (TPSA) is 29.1 Å². The van der Waals surface area contributed by atoms with Crippen LogP contribution in [-0.2, 0) is 4.79 Å². The Labute approximate surface area is 191 Å². The van der Waals surface area contributed by atoms with Crippen LogP contribution in [0.25, 0.3) is 0 Å². The maximum Gasteiger partial charge on any atom is 0.243 e. The van der Waals surface area contributed by atoms with E-state index < -0.39 is 7.26 Å². The van der Waals surface area contributed by atoms with Crippen LogP contribution in [0.2, 0.25) is 0 Å². The zero-order chi connectivity index (χ0) is 20.5. The summed E-state index contributed by atoms with van der Waals surface area (Å²) < 4.78 is 0. The van der Waals surface area contributed by atoms with Crippen molar-refractivity contribution >= 4 is 29.1 Å². The van der Waals surface area contributed by atoms with Crippen LogP contribution in [0.1, 0.15) is 13.8 Å². The van der Waals surface area contributed by atoms with Crippen molar-refractivity contribution in [1.82, 2.24) is 5.32 Å². The van der Waals surface area contributed by atoms with E-state index in [0.29, 0.717) is 12.5 Å². The van der Waals surface area contributed by atoms with E-state index in [1.165, 1.54) is 15.9 Å². The molecule has 3 rings (SSSR count). The number of halogens is 1. The Hall–Kier alpha value is -2.22. The van der Waals surface area contributed by atoms with Crippen LogP contribution < -0.4 is 38.2 Å². The molecule has 30 heavy (non-hydrogen) atoms. The van der Waals surface area contributed by atoms with Gasteiger partial charge in [0.05, 0.1) is 6.16 Å². The molecule has 0 aliphatic carbocycles. The van der Waals surface area contributed by atoms with Crippen LogP contribution in [0.15, 0.2) is 103 Å². The van der Waals surface area contributed by atoms with Crippen molar-refractivity contribution in [2.24, 2.45) is 5.92 Å². The summed E-state index contributed by atoms with van der Waals surface area (Å²) >= 11 is 0. The third-order valence-electron chi connectivity index (χ3n) is 4.92. The SMILES string of the molecule is CC(C)CNC(=O)/C=C/C[P+](c1ccccc1)(c1ccccc1)c1ccccc1.[Br-].